The highest BCUT2D eigenvalue weighted by Crippen LogP contribution is 2.30. The van der Waals surface area contributed by atoms with Crippen molar-refractivity contribution in [2.75, 3.05) is 6.67 Å². The maximum atomic E-state index is 11.5. The smallest absolute Gasteiger partial charge is 0.250 e. The molecule has 0 aliphatic carbocycles. The Balaban J connectivity index is 3.71. The average molecular weight is 125 g/mol. The van der Waals surface area contributed by atoms with Gasteiger partial charge >= 0.3 is 6.43 Å². The number of hydrogen-bond acceptors (Lipinski definition) is 0. The maximum absolute atomic E-state index is 11.5. The normalized spacial score (nSPS) is 12.8. The molecule has 0 nitrogen and oxygen atoms in total. The molecule has 0 spiro atoms. The third kappa shape index (κ3) is 1.72. The summed E-state index contributed by atoms with van der Waals surface area (Å²) in [6, 6.07) is 0. The molecule has 0 rings (SSSR count). The van der Waals surface area contributed by atoms with Crippen LogP contribution in [0.15, 0.2) is 0 Å². The summed E-state index contributed by atoms with van der Waals surface area (Å²) < 4.78 is 34.5. The van der Waals surface area contributed by atoms with E-state index in [4.69, 9.17) is 0 Å². The lowest BCUT2D eigenvalue weighted by Crippen LogP contribution is -2.17. The van der Waals surface area contributed by atoms with E-state index in [9.17, 15) is 13.2 Å². The third-order valence-corrected chi connectivity index (χ3v) is 0.846. The van der Waals surface area contributed by atoms with Crippen LogP contribution in [0.4, 0.5) is 13.2 Å². The van der Waals surface area contributed by atoms with Crippen LogP contribution in [0.25, 0.3) is 0 Å². The van der Waals surface area contributed by atoms with Gasteiger partial charge in [-0.3, -0.25) is 4.39 Å². The molecule has 0 amide bonds. The Morgan fingerprint density at radius 1 is 1.38 bits per heavy atom. The highest BCUT2D eigenvalue weighted by Gasteiger charge is 2.31. The number of hydrogen-bond donors (Lipinski definition) is 0. The minimum Gasteiger partial charge on any atom is -0.250 e. The minimum atomic E-state index is -1.85. The van der Waals surface area contributed by atoms with Crippen molar-refractivity contribution >= 4 is 0 Å². The van der Waals surface area contributed by atoms with Gasteiger partial charge in [-0.1, -0.05) is 13.8 Å². The molecule has 1 radical (unpaired) electrons. The number of rotatable bonds is 2. The van der Waals surface area contributed by atoms with E-state index in [0.29, 0.717) is 0 Å². The Labute approximate surface area is 46.7 Å². The van der Waals surface area contributed by atoms with Crippen molar-refractivity contribution < 1.29 is 13.2 Å². The van der Waals surface area contributed by atoms with Crippen molar-refractivity contribution in [3.63, 3.8) is 0 Å². The first-order valence-corrected chi connectivity index (χ1v) is 2.25. The largest absolute Gasteiger partial charge is 0.318 e. The fourth-order valence-electron chi connectivity index (χ4n) is 0.0505. The SMILES string of the molecule is CC(C)(CF)[C](F)F. The van der Waals surface area contributed by atoms with Gasteiger partial charge in [0.2, 0.25) is 0 Å². The molecular weight excluding hydrogens is 117 g/mol. The van der Waals surface area contributed by atoms with E-state index in [1.165, 1.54) is 0 Å². The van der Waals surface area contributed by atoms with Crippen molar-refractivity contribution in [1.82, 2.24) is 0 Å². The summed E-state index contributed by atoms with van der Waals surface area (Å²) in [5, 5.41) is 0. The predicted octanol–water partition coefficient (Wildman–Crippen LogP) is 2.41. The van der Waals surface area contributed by atoms with Crippen LogP contribution in [-0.2, 0) is 0 Å². The first kappa shape index (κ1) is 7.79. The van der Waals surface area contributed by atoms with Crippen molar-refractivity contribution in [1.29, 1.82) is 0 Å². The molecule has 0 saturated heterocycles. The van der Waals surface area contributed by atoms with Crippen LogP contribution in [0.1, 0.15) is 13.8 Å². The van der Waals surface area contributed by atoms with Crippen LogP contribution >= 0.6 is 0 Å². The van der Waals surface area contributed by atoms with Gasteiger partial charge in [0.25, 0.3) is 0 Å². The Hall–Kier alpha value is -0.210. The second-order valence-corrected chi connectivity index (χ2v) is 2.28. The van der Waals surface area contributed by atoms with Gasteiger partial charge < -0.3 is 0 Å². The monoisotopic (exact) mass is 125 g/mol. The molecule has 0 aliphatic heterocycles. The predicted molar refractivity (Wildman–Crippen MR) is 25.2 cm³/mol. The Bertz CT molecular complexity index is 68.1. The van der Waals surface area contributed by atoms with Gasteiger partial charge in [0, 0.05) is 0 Å². The Morgan fingerprint density at radius 3 is 1.75 bits per heavy atom. The molecule has 0 aromatic carbocycles. The second kappa shape index (κ2) is 2.37. The highest BCUT2D eigenvalue weighted by molar-refractivity contribution is 4.82. The van der Waals surface area contributed by atoms with Crippen molar-refractivity contribution in [2.45, 2.75) is 13.8 Å². The molecule has 0 aromatic heterocycles. The van der Waals surface area contributed by atoms with Crippen LogP contribution in [0.3, 0.4) is 0 Å². The summed E-state index contributed by atoms with van der Waals surface area (Å²) >= 11 is 0. The Morgan fingerprint density at radius 2 is 1.75 bits per heavy atom. The van der Waals surface area contributed by atoms with Crippen LogP contribution in [0.5, 0.6) is 0 Å². The van der Waals surface area contributed by atoms with E-state index in [1.54, 1.807) is 0 Å². The van der Waals surface area contributed by atoms with Gasteiger partial charge in [0.1, 0.15) is 6.67 Å². The summed E-state index contributed by atoms with van der Waals surface area (Å²) in [5.41, 5.74) is -1.54. The summed E-state index contributed by atoms with van der Waals surface area (Å²) in [7, 11) is 0. The number of alkyl halides is 1. The van der Waals surface area contributed by atoms with Gasteiger partial charge in [-0.25, -0.2) is 0 Å². The van der Waals surface area contributed by atoms with Crippen molar-refractivity contribution in [3.05, 3.63) is 6.43 Å². The highest BCUT2D eigenvalue weighted by atomic mass is 19.3. The van der Waals surface area contributed by atoms with Gasteiger partial charge in [-0.15, -0.1) is 0 Å². The average Bonchev–Trinajstić information content (AvgIpc) is 1.67. The lowest BCUT2D eigenvalue weighted by Gasteiger charge is -2.15. The molecule has 3 heteroatoms. The Kier molecular flexibility index (Phi) is 2.31. The zero-order chi connectivity index (χ0) is 6.78. The molecule has 0 aromatic rings. The zero-order valence-electron chi connectivity index (χ0n) is 4.84. The molecule has 8 heavy (non-hydrogen) atoms. The van der Waals surface area contributed by atoms with E-state index >= 15 is 0 Å². The summed E-state index contributed by atoms with van der Waals surface area (Å²) in [4.78, 5) is 0. The summed E-state index contributed by atoms with van der Waals surface area (Å²) in [5.74, 6) is 0. The lowest BCUT2D eigenvalue weighted by atomic mass is 9.97. The van der Waals surface area contributed by atoms with Gasteiger partial charge in [-0.05, 0) is 0 Å². The fraction of sp³-hybridized carbons (Fsp3) is 0.800. The molecule has 0 fully saturated rings. The van der Waals surface area contributed by atoms with Crippen LogP contribution < -0.4 is 0 Å². The zero-order valence-corrected chi connectivity index (χ0v) is 4.84. The third-order valence-electron chi connectivity index (χ3n) is 0.846. The van der Waals surface area contributed by atoms with E-state index < -0.39 is 18.5 Å². The molecule has 0 heterocycles. The minimum absolute atomic E-state index is 1.00. The fourth-order valence-corrected chi connectivity index (χ4v) is 0.0505. The molecule has 0 atom stereocenters. The molecule has 49 valence electrons. The molecule has 0 bridgehead atoms. The standard InChI is InChI=1S/C5H8F3/c1-5(2,3-6)4(7)8/h3H2,1-2H3. The van der Waals surface area contributed by atoms with Gasteiger partial charge in [0.05, 0.1) is 5.41 Å². The lowest BCUT2D eigenvalue weighted by molar-refractivity contribution is 0.109. The van der Waals surface area contributed by atoms with Crippen LogP contribution in [0.2, 0.25) is 0 Å². The van der Waals surface area contributed by atoms with E-state index in [0.717, 1.165) is 13.8 Å². The van der Waals surface area contributed by atoms with E-state index in [1.807, 2.05) is 0 Å². The molecule has 0 N–H and O–H groups in total. The first-order chi connectivity index (χ1) is 3.50. The number of halogens is 3. The van der Waals surface area contributed by atoms with Gasteiger partial charge in [-0.2, -0.15) is 8.78 Å². The molecular formula is C5H8F3. The molecule has 0 aliphatic rings. The second-order valence-electron chi connectivity index (χ2n) is 2.28. The van der Waals surface area contributed by atoms with Crippen molar-refractivity contribution in [3.8, 4) is 0 Å². The topological polar surface area (TPSA) is 0 Å². The van der Waals surface area contributed by atoms with Crippen LogP contribution in [-0.4, -0.2) is 6.67 Å². The van der Waals surface area contributed by atoms with Crippen molar-refractivity contribution in [2.24, 2.45) is 5.41 Å². The van der Waals surface area contributed by atoms with E-state index in [-0.39, 0.29) is 0 Å². The summed E-state index contributed by atoms with van der Waals surface area (Å²) in [6.45, 7) is 1.31. The van der Waals surface area contributed by atoms with Crippen LogP contribution in [0, 0.1) is 11.8 Å². The van der Waals surface area contributed by atoms with Gasteiger partial charge in [0.15, 0.2) is 0 Å². The maximum Gasteiger partial charge on any atom is 0.318 e. The molecule has 0 unspecified atom stereocenters. The quantitative estimate of drug-likeness (QED) is 0.531. The summed E-state index contributed by atoms with van der Waals surface area (Å²) in [6.07, 6.45) is -1.85. The first-order valence-electron chi connectivity index (χ1n) is 2.25. The molecule has 0 saturated carbocycles. The van der Waals surface area contributed by atoms with E-state index in [2.05, 4.69) is 0 Å².